The number of nitrogen functional groups attached to an aromatic ring is 1. The first-order valence-corrected chi connectivity index (χ1v) is 6.26. The molecule has 0 aliphatic carbocycles. The molecule has 0 aliphatic heterocycles. The number of hydrogen-bond acceptors (Lipinski definition) is 4. The molecule has 2 rings (SSSR count). The topological polar surface area (TPSA) is 82.2 Å². The Morgan fingerprint density at radius 3 is 2.80 bits per heavy atom. The molecule has 1 heterocycles. The van der Waals surface area contributed by atoms with Gasteiger partial charge in [0.05, 0.1) is 19.7 Å². The average molecular weight is 274 g/mol. The molecule has 0 saturated heterocycles. The summed E-state index contributed by atoms with van der Waals surface area (Å²) in [6.45, 7) is 0.369. The SMILES string of the molecule is COc1ccccc1CC(=O)NCc1cnn(C)c1N. The van der Waals surface area contributed by atoms with E-state index in [1.807, 2.05) is 24.3 Å². The van der Waals surface area contributed by atoms with Gasteiger partial charge in [-0.1, -0.05) is 18.2 Å². The molecule has 2 aromatic rings. The Bertz CT molecular complexity index is 607. The molecular formula is C14H18N4O2. The Hall–Kier alpha value is -2.50. The molecule has 0 bridgehead atoms. The first kappa shape index (κ1) is 13.9. The number of nitrogens with two attached hydrogens (primary N) is 1. The highest BCUT2D eigenvalue weighted by Gasteiger charge is 2.10. The highest BCUT2D eigenvalue weighted by molar-refractivity contribution is 5.79. The van der Waals surface area contributed by atoms with Gasteiger partial charge in [0.25, 0.3) is 0 Å². The quantitative estimate of drug-likeness (QED) is 0.847. The normalized spacial score (nSPS) is 10.3. The van der Waals surface area contributed by atoms with Crippen LogP contribution in [-0.4, -0.2) is 22.8 Å². The van der Waals surface area contributed by atoms with E-state index in [4.69, 9.17) is 10.5 Å². The number of rotatable bonds is 5. The summed E-state index contributed by atoms with van der Waals surface area (Å²) in [5.41, 5.74) is 7.48. The van der Waals surface area contributed by atoms with Crippen molar-refractivity contribution in [3.05, 3.63) is 41.6 Å². The first-order chi connectivity index (χ1) is 9.61. The van der Waals surface area contributed by atoms with Gasteiger partial charge in [0.1, 0.15) is 11.6 Å². The van der Waals surface area contributed by atoms with Crippen LogP contribution in [0.4, 0.5) is 5.82 Å². The van der Waals surface area contributed by atoms with E-state index < -0.39 is 0 Å². The lowest BCUT2D eigenvalue weighted by Gasteiger charge is -2.08. The van der Waals surface area contributed by atoms with Crippen molar-refractivity contribution in [1.29, 1.82) is 0 Å². The van der Waals surface area contributed by atoms with Gasteiger partial charge in [-0.3, -0.25) is 9.48 Å². The van der Waals surface area contributed by atoms with E-state index in [2.05, 4.69) is 10.4 Å². The van der Waals surface area contributed by atoms with E-state index in [9.17, 15) is 4.79 Å². The molecule has 1 aromatic heterocycles. The Morgan fingerprint density at radius 2 is 2.15 bits per heavy atom. The van der Waals surface area contributed by atoms with Crippen LogP contribution in [0.2, 0.25) is 0 Å². The molecule has 0 aliphatic rings. The van der Waals surface area contributed by atoms with E-state index >= 15 is 0 Å². The van der Waals surface area contributed by atoms with Crippen molar-refractivity contribution in [1.82, 2.24) is 15.1 Å². The second kappa shape index (κ2) is 6.10. The second-order valence-electron chi connectivity index (χ2n) is 4.44. The minimum Gasteiger partial charge on any atom is -0.496 e. The molecular weight excluding hydrogens is 256 g/mol. The minimum atomic E-state index is -0.0854. The Kier molecular flexibility index (Phi) is 4.24. The van der Waals surface area contributed by atoms with Gasteiger partial charge in [0.15, 0.2) is 0 Å². The third kappa shape index (κ3) is 3.09. The van der Waals surface area contributed by atoms with E-state index in [-0.39, 0.29) is 12.3 Å². The number of nitrogens with zero attached hydrogens (tertiary/aromatic N) is 2. The van der Waals surface area contributed by atoms with E-state index in [1.165, 1.54) is 0 Å². The molecule has 6 nitrogen and oxygen atoms in total. The summed E-state index contributed by atoms with van der Waals surface area (Å²) in [6.07, 6.45) is 1.92. The van der Waals surface area contributed by atoms with Crippen molar-refractivity contribution in [2.75, 3.05) is 12.8 Å². The Morgan fingerprint density at radius 1 is 1.40 bits per heavy atom. The summed E-state index contributed by atoms with van der Waals surface area (Å²) in [6, 6.07) is 7.46. The van der Waals surface area contributed by atoms with E-state index in [0.717, 1.165) is 11.1 Å². The number of para-hydroxylation sites is 1. The Labute approximate surface area is 117 Å². The van der Waals surface area contributed by atoms with Crippen LogP contribution in [0.25, 0.3) is 0 Å². The fraction of sp³-hybridized carbons (Fsp3) is 0.286. The molecule has 0 atom stereocenters. The van der Waals surface area contributed by atoms with Crippen LogP contribution >= 0.6 is 0 Å². The number of amides is 1. The van der Waals surface area contributed by atoms with Gasteiger partial charge in [0, 0.05) is 24.7 Å². The van der Waals surface area contributed by atoms with Crippen LogP contribution in [0.1, 0.15) is 11.1 Å². The lowest BCUT2D eigenvalue weighted by molar-refractivity contribution is -0.120. The zero-order chi connectivity index (χ0) is 14.5. The number of nitrogens with one attached hydrogen (secondary N) is 1. The fourth-order valence-corrected chi connectivity index (χ4v) is 1.91. The third-order valence-electron chi connectivity index (χ3n) is 3.08. The predicted molar refractivity (Wildman–Crippen MR) is 76.2 cm³/mol. The zero-order valence-corrected chi connectivity index (χ0v) is 11.6. The van der Waals surface area contributed by atoms with Crippen LogP contribution in [0, 0.1) is 0 Å². The number of carbonyl (C=O) groups is 1. The summed E-state index contributed by atoms with van der Waals surface area (Å²) >= 11 is 0. The van der Waals surface area contributed by atoms with Gasteiger partial charge in [-0.05, 0) is 6.07 Å². The Balaban J connectivity index is 1.94. The van der Waals surface area contributed by atoms with Crippen molar-refractivity contribution < 1.29 is 9.53 Å². The largest absolute Gasteiger partial charge is 0.496 e. The van der Waals surface area contributed by atoms with E-state index in [0.29, 0.717) is 18.1 Å². The number of aromatic nitrogens is 2. The summed E-state index contributed by atoms with van der Waals surface area (Å²) in [7, 11) is 3.35. The summed E-state index contributed by atoms with van der Waals surface area (Å²) < 4.78 is 6.79. The molecule has 106 valence electrons. The minimum absolute atomic E-state index is 0.0854. The molecule has 1 aromatic carbocycles. The molecule has 0 fully saturated rings. The van der Waals surface area contributed by atoms with Crippen LogP contribution in [0.3, 0.4) is 0 Å². The van der Waals surface area contributed by atoms with Gasteiger partial charge >= 0.3 is 0 Å². The third-order valence-corrected chi connectivity index (χ3v) is 3.08. The number of hydrogen-bond donors (Lipinski definition) is 2. The van der Waals surface area contributed by atoms with Crippen molar-refractivity contribution in [3.8, 4) is 5.75 Å². The number of carbonyl (C=O) groups excluding carboxylic acids is 1. The van der Waals surface area contributed by atoms with Crippen molar-refractivity contribution >= 4 is 11.7 Å². The van der Waals surface area contributed by atoms with Crippen molar-refractivity contribution in [2.45, 2.75) is 13.0 Å². The summed E-state index contributed by atoms with van der Waals surface area (Å²) in [5, 5.41) is 6.85. The van der Waals surface area contributed by atoms with Gasteiger partial charge in [-0.15, -0.1) is 0 Å². The maximum atomic E-state index is 11.9. The van der Waals surface area contributed by atoms with E-state index in [1.54, 1.807) is 25.0 Å². The fourth-order valence-electron chi connectivity index (χ4n) is 1.91. The molecule has 20 heavy (non-hydrogen) atoms. The van der Waals surface area contributed by atoms with Gasteiger partial charge in [0.2, 0.25) is 5.91 Å². The van der Waals surface area contributed by atoms with Crippen LogP contribution in [0.5, 0.6) is 5.75 Å². The molecule has 3 N–H and O–H groups in total. The molecule has 0 saturated carbocycles. The predicted octanol–water partition coefficient (Wildman–Crippen LogP) is 0.870. The van der Waals surface area contributed by atoms with Gasteiger partial charge < -0.3 is 15.8 Å². The number of anilines is 1. The molecule has 6 heteroatoms. The molecule has 1 amide bonds. The second-order valence-corrected chi connectivity index (χ2v) is 4.44. The number of ether oxygens (including phenoxy) is 1. The highest BCUT2D eigenvalue weighted by Crippen LogP contribution is 2.17. The number of benzene rings is 1. The lowest BCUT2D eigenvalue weighted by atomic mass is 10.1. The maximum absolute atomic E-state index is 11.9. The smallest absolute Gasteiger partial charge is 0.224 e. The van der Waals surface area contributed by atoms with Gasteiger partial charge in [-0.25, -0.2) is 0 Å². The summed E-state index contributed by atoms with van der Waals surface area (Å²) in [5.74, 6) is 1.18. The average Bonchev–Trinajstić information content (AvgIpc) is 2.77. The zero-order valence-electron chi connectivity index (χ0n) is 11.6. The maximum Gasteiger partial charge on any atom is 0.224 e. The summed E-state index contributed by atoms with van der Waals surface area (Å²) in [4.78, 5) is 11.9. The number of methoxy groups -OCH3 is 1. The molecule has 0 radical (unpaired) electrons. The first-order valence-electron chi connectivity index (χ1n) is 6.26. The lowest BCUT2D eigenvalue weighted by Crippen LogP contribution is -2.25. The van der Waals surface area contributed by atoms with Gasteiger partial charge in [-0.2, -0.15) is 5.10 Å². The monoisotopic (exact) mass is 274 g/mol. The molecule has 0 unspecified atom stereocenters. The van der Waals surface area contributed by atoms with Crippen LogP contribution < -0.4 is 15.8 Å². The van der Waals surface area contributed by atoms with Crippen molar-refractivity contribution in [3.63, 3.8) is 0 Å². The van der Waals surface area contributed by atoms with Crippen molar-refractivity contribution in [2.24, 2.45) is 7.05 Å². The highest BCUT2D eigenvalue weighted by atomic mass is 16.5. The number of aryl methyl sites for hydroxylation is 1. The standard InChI is InChI=1S/C14H18N4O2/c1-18-14(15)11(9-17-18)8-16-13(19)7-10-5-3-4-6-12(10)20-2/h3-6,9H,7-8,15H2,1-2H3,(H,16,19). The van der Waals surface area contributed by atoms with Crippen LogP contribution in [-0.2, 0) is 24.8 Å². The molecule has 0 spiro atoms. The van der Waals surface area contributed by atoms with Crippen LogP contribution in [0.15, 0.2) is 30.5 Å².